The fourth-order valence-electron chi connectivity index (χ4n) is 2.19. The van der Waals surface area contributed by atoms with Crippen molar-refractivity contribution in [3.63, 3.8) is 0 Å². The highest BCUT2D eigenvalue weighted by atomic mass is 79.9. The molecule has 0 bridgehead atoms. The number of halogens is 2. The molecule has 1 aliphatic rings. The average molecular weight is 434 g/mol. The number of benzene rings is 1. The SMILES string of the molecule is COC(=O)CN1C(=S)N(C)C(=O)C1=Cc1cc(Br)cc(Cl)c1OC. The Kier molecular flexibility index (Phi) is 5.84. The van der Waals surface area contributed by atoms with Crippen LogP contribution in [0.25, 0.3) is 6.08 Å². The molecule has 128 valence electrons. The normalized spacial score (nSPS) is 16.1. The van der Waals surface area contributed by atoms with Gasteiger partial charge in [0.15, 0.2) is 5.11 Å². The Hall–Kier alpha value is -1.64. The van der Waals surface area contributed by atoms with E-state index < -0.39 is 5.97 Å². The van der Waals surface area contributed by atoms with Gasteiger partial charge in [-0.3, -0.25) is 14.5 Å². The second-order valence-corrected chi connectivity index (χ2v) is 6.54. The molecular weight excluding hydrogens is 420 g/mol. The molecule has 1 aliphatic heterocycles. The number of hydrogen-bond acceptors (Lipinski definition) is 5. The predicted octanol–water partition coefficient (Wildman–Crippen LogP) is 2.68. The summed E-state index contributed by atoms with van der Waals surface area (Å²) in [6, 6.07) is 3.44. The van der Waals surface area contributed by atoms with E-state index in [0.717, 1.165) is 4.47 Å². The summed E-state index contributed by atoms with van der Waals surface area (Å²) >= 11 is 14.7. The Morgan fingerprint density at radius 2 is 2.08 bits per heavy atom. The van der Waals surface area contributed by atoms with Crippen molar-refractivity contribution < 1.29 is 19.1 Å². The Morgan fingerprint density at radius 1 is 1.42 bits per heavy atom. The Balaban J connectivity index is 2.54. The summed E-state index contributed by atoms with van der Waals surface area (Å²) in [5.74, 6) is -0.425. The number of thiocarbonyl (C=S) groups is 1. The van der Waals surface area contributed by atoms with Crippen LogP contribution in [-0.4, -0.2) is 54.6 Å². The third-order valence-electron chi connectivity index (χ3n) is 3.38. The number of hydrogen-bond donors (Lipinski definition) is 0. The van der Waals surface area contributed by atoms with E-state index >= 15 is 0 Å². The number of rotatable bonds is 4. The van der Waals surface area contributed by atoms with E-state index in [0.29, 0.717) is 16.3 Å². The highest BCUT2D eigenvalue weighted by molar-refractivity contribution is 9.10. The maximum Gasteiger partial charge on any atom is 0.325 e. The van der Waals surface area contributed by atoms with Gasteiger partial charge in [-0.2, -0.15) is 0 Å². The van der Waals surface area contributed by atoms with Gasteiger partial charge < -0.3 is 14.4 Å². The van der Waals surface area contributed by atoms with Crippen LogP contribution in [0, 0.1) is 0 Å². The quantitative estimate of drug-likeness (QED) is 0.413. The fourth-order valence-corrected chi connectivity index (χ4v) is 3.35. The van der Waals surface area contributed by atoms with E-state index in [2.05, 4.69) is 20.7 Å². The molecule has 24 heavy (non-hydrogen) atoms. The third-order valence-corrected chi connectivity index (χ3v) is 4.61. The van der Waals surface area contributed by atoms with Crippen molar-refractivity contribution in [3.8, 4) is 5.75 Å². The lowest BCUT2D eigenvalue weighted by Crippen LogP contribution is -2.33. The third kappa shape index (κ3) is 3.55. The smallest absolute Gasteiger partial charge is 0.325 e. The van der Waals surface area contributed by atoms with Crippen molar-refractivity contribution in [1.29, 1.82) is 0 Å². The fraction of sp³-hybridized carbons (Fsp3) is 0.267. The zero-order valence-corrected chi connectivity index (χ0v) is 16.3. The second kappa shape index (κ2) is 7.50. The first-order valence-corrected chi connectivity index (χ1v) is 8.29. The van der Waals surface area contributed by atoms with Crippen LogP contribution in [0.2, 0.25) is 5.02 Å². The topological polar surface area (TPSA) is 59.1 Å². The number of methoxy groups -OCH3 is 2. The predicted molar refractivity (Wildman–Crippen MR) is 97.8 cm³/mol. The van der Waals surface area contributed by atoms with Gasteiger partial charge in [0.25, 0.3) is 5.91 Å². The molecule has 0 spiro atoms. The van der Waals surface area contributed by atoms with E-state index in [1.54, 1.807) is 25.3 Å². The van der Waals surface area contributed by atoms with E-state index in [4.69, 9.17) is 28.6 Å². The molecule has 1 fully saturated rings. The molecule has 9 heteroatoms. The Morgan fingerprint density at radius 3 is 2.67 bits per heavy atom. The molecule has 0 aromatic heterocycles. The molecule has 6 nitrogen and oxygen atoms in total. The molecule has 1 amide bonds. The standard InChI is InChI=1S/C15H14BrClN2O4S/c1-18-14(21)11(19(15(18)24)7-12(20)22-2)5-8-4-9(16)6-10(17)13(8)23-3/h4-6H,7H2,1-3H3. The van der Waals surface area contributed by atoms with Gasteiger partial charge >= 0.3 is 5.97 Å². The van der Waals surface area contributed by atoms with Crippen molar-refractivity contribution in [2.75, 3.05) is 27.8 Å². The van der Waals surface area contributed by atoms with Crippen molar-refractivity contribution >= 4 is 62.8 Å². The van der Waals surface area contributed by atoms with E-state index in [1.807, 2.05) is 0 Å². The van der Waals surface area contributed by atoms with Crippen molar-refractivity contribution in [3.05, 3.63) is 32.9 Å². The summed E-state index contributed by atoms with van der Waals surface area (Å²) in [5.41, 5.74) is 0.813. The minimum Gasteiger partial charge on any atom is -0.495 e. The van der Waals surface area contributed by atoms with Gasteiger partial charge in [0.1, 0.15) is 18.0 Å². The lowest BCUT2D eigenvalue weighted by molar-refractivity contribution is -0.140. The largest absolute Gasteiger partial charge is 0.495 e. The van der Waals surface area contributed by atoms with Gasteiger partial charge in [0.2, 0.25) is 0 Å². The van der Waals surface area contributed by atoms with Gasteiger partial charge in [0, 0.05) is 17.1 Å². The number of ether oxygens (including phenoxy) is 2. The zero-order valence-electron chi connectivity index (χ0n) is 13.1. The summed E-state index contributed by atoms with van der Waals surface area (Å²) in [5, 5.41) is 0.608. The van der Waals surface area contributed by atoms with Gasteiger partial charge in [-0.05, 0) is 30.4 Å². The van der Waals surface area contributed by atoms with Crippen LogP contribution >= 0.6 is 39.7 Å². The molecule has 1 saturated heterocycles. The van der Waals surface area contributed by atoms with Gasteiger partial charge in [-0.25, -0.2) is 0 Å². The number of esters is 1. The van der Waals surface area contributed by atoms with Crippen LogP contribution in [0.15, 0.2) is 22.3 Å². The maximum absolute atomic E-state index is 12.5. The summed E-state index contributed by atoms with van der Waals surface area (Å²) in [6.07, 6.45) is 1.58. The molecule has 1 heterocycles. The van der Waals surface area contributed by atoms with Gasteiger partial charge in [-0.1, -0.05) is 27.5 Å². The Labute approximate surface area is 158 Å². The summed E-state index contributed by atoms with van der Waals surface area (Å²) in [7, 11) is 4.30. The summed E-state index contributed by atoms with van der Waals surface area (Å²) in [6.45, 7) is -0.165. The maximum atomic E-state index is 12.5. The van der Waals surface area contributed by atoms with Crippen LogP contribution in [0.1, 0.15) is 5.56 Å². The van der Waals surface area contributed by atoms with Gasteiger partial charge in [0.05, 0.1) is 19.2 Å². The lowest BCUT2D eigenvalue weighted by Gasteiger charge is -2.17. The molecule has 0 radical (unpaired) electrons. The van der Waals surface area contributed by atoms with E-state index in [1.165, 1.54) is 24.0 Å². The average Bonchev–Trinajstić information content (AvgIpc) is 2.72. The lowest BCUT2D eigenvalue weighted by atomic mass is 10.1. The zero-order chi connectivity index (χ0) is 18.0. The Bertz CT molecular complexity index is 753. The molecule has 2 rings (SSSR count). The van der Waals surface area contributed by atoms with Crippen molar-refractivity contribution in [2.45, 2.75) is 0 Å². The van der Waals surface area contributed by atoms with Gasteiger partial charge in [-0.15, -0.1) is 0 Å². The minimum atomic E-state index is -0.509. The van der Waals surface area contributed by atoms with Crippen molar-refractivity contribution in [1.82, 2.24) is 9.80 Å². The molecule has 0 atom stereocenters. The first kappa shape index (κ1) is 18.7. The number of nitrogens with zero attached hydrogens (tertiary/aromatic N) is 2. The van der Waals surface area contributed by atoms with E-state index in [-0.39, 0.29) is 23.3 Å². The van der Waals surface area contributed by atoms with Crippen LogP contribution in [0.5, 0.6) is 5.75 Å². The van der Waals surface area contributed by atoms with Crippen LogP contribution in [0.4, 0.5) is 0 Å². The number of amides is 1. The molecule has 1 aromatic rings. The number of carbonyl (C=O) groups excluding carboxylic acids is 2. The highest BCUT2D eigenvalue weighted by Gasteiger charge is 2.37. The molecule has 0 unspecified atom stereocenters. The second-order valence-electron chi connectivity index (χ2n) is 4.85. The van der Waals surface area contributed by atoms with Crippen molar-refractivity contribution in [2.24, 2.45) is 0 Å². The molecular formula is C15H14BrClN2O4S. The minimum absolute atomic E-state index is 0.165. The monoisotopic (exact) mass is 432 g/mol. The van der Waals surface area contributed by atoms with Crippen LogP contribution in [-0.2, 0) is 14.3 Å². The molecule has 0 aliphatic carbocycles. The molecule has 1 aromatic carbocycles. The number of carbonyl (C=O) groups is 2. The first-order chi connectivity index (χ1) is 11.3. The van der Waals surface area contributed by atoms with E-state index in [9.17, 15) is 9.59 Å². The molecule has 0 N–H and O–H groups in total. The summed E-state index contributed by atoms with van der Waals surface area (Å²) < 4.78 is 10.7. The number of likely N-dealkylation sites (N-methyl/N-ethyl adjacent to an activating group) is 1. The molecule has 0 saturated carbocycles. The van der Waals surface area contributed by atoms with Crippen LogP contribution in [0.3, 0.4) is 0 Å². The first-order valence-electron chi connectivity index (χ1n) is 6.71. The highest BCUT2D eigenvalue weighted by Crippen LogP contribution is 2.35. The summed E-state index contributed by atoms with van der Waals surface area (Å²) in [4.78, 5) is 26.8. The van der Waals surface area contributed by atoms with Crippen LogP contribution < -0.4 is 4.74 Å².